The first kappa shape index (κ1) is 14.6. The third-order valence-electron chi connectivity index (χ3n) is 3.16. The summed E-state index contributed by atoms with van der Waals surface area (Å²) in [6.07, 6.45) is -0.488. The molecular weight excluding hydrogens is 260 g/mol. The lowest BCUT2D eigenvalue weighted by Gasteiger charge is -2.24. The van der Waals surface area contributed by atoms with Gasteiger partial charge in [-0.25, -0.2) is 0 Å². The average Bonchev–Trinajstić information content (AvgIpc) is 2.47. The van der Waals surface area contributed by atoms with Crippen molar-refractivity contribution in [1.82, 2.24) is 5.32 Å². The van der Waals surface area contributed by atoms with Gasteiger partial charge in [0.25, 0.3) is 5.91 Å². The topological polar surface area (TPSA) is 68.8 Å². The summed E-state index contributed by atoms with van der Waals surface area (Å²) in [6.45, 7) is 3.11. The van der Waals surface area contributed by atoms with E-state index >= 15 is 0 Å². The van der Waals surface area contributed by atoms with E-state index in [-0.39, 0.29) is 11.9 Å². The van der Waals surface area contributed by atoms with Crippen molar-refractivity contribution >= 4 is 11.6 Å². The van der Waals surface area contributed by atoms with E-state index in [0.717, 1.165) is 12.2 Å². The first-order chi connectivity index (χ1) is 9.67. The number of benzene rings is 1. The van der Waals surface area contributed by atoms with Crippen LogP contribution in [0, 0.1) is 0 Å². The maximum atomic E-state index is 12.3. The number of anilines is 1. The van der Waals surface area contributed by atoms with Gasteiger partial charge in [-0.3, -0.25) is 4.79 Å². The van der Waals surface area contributed by atoms with Crippen LogP contribution in [0.5, 0.6) is 5.75 Å². The molecule has 1 heterocycles. The zero-order valence-corrected chi connectivity index (χ0v) is 11.9. The quantitative estimate of drug-likeness (QED) is 0.794. The van der Waals surface area contributed by atoms with Crippen LogP contribution in [0.15, 0.2) is 18.2 Å². The number of hydrogen-bond acceptors (Lipinski definition) is 5. The SMILES string of the molecule is COC(OC)C(C)NC(=O)c1cccc2c1OCCN2. The van der Waals surface area contributed by atoms with Gasteiger partial charge < -0.3 is 24.8 Å². The summed E-state index contributed by atoms with van der Waals surface area (Å²) in [6, 6.07) is 5.18. The normalized spacial score (nSPS) is 15.0. The summed E-state index contributed by atoms with van der Waals surface area (Å²) in [5, 5.41) is 6.05. The Bertz CT molecular complexity index is 474. The van der Waals surface area contributed by atoms with Crippen LogP contribution in [-0.2, 0) is 9.47 Å². The van der Waals surface area contributed by atoms with Crippen molar-refractivity contribution in [1.29, 1.82) is 0 Å². The number of nitrogens with one attached hydrogen (secondary N) is 2. The maximum absolute atomic E-state index is 12.3. The van der Waals surface area contributed by atoms with Crippen LogP contribution in [0.1, 0.15) is 17.3 Å². The monoisotopic (exact) mass is 280 g/mol. The predicted molar refractivity (Wildman–Crippen MR) is 75.2 cm³/mol. The Morgan fingerprint density at radius 2 is 2.15 bits per heavy atom. The van der Waals surface area contributed by atoms with Crippen LogP contribution in [0.2, 0.25) is 0 Å². The second kappa shape index (κ2) is 6.58. The Kier molecular flexibility index (Phi) is 4.81. The standard InChI is InChI=1S/C14H20N2O4/c1-9(14(18-2)19-3)16-13(17)10-5-4-6-11-12(10)20-8-7-15-11/h4-6,9,14-15H,7-8H2,1-3H3,(H,16,17). The first-order valence-corrected chi connectivity index (χ1v) is 6.53. The number of rotatable bonds is 5. The molecule has 0 saturated heterocycles. The van der Waals surface area contributed by atoms with Gasteiger partial charge in [0, 0.05) is 20.8 Å². The lowest BCUT2D eigenvalue weighted by molar-refractivity contribution is -0.117. The molecular formula is C14H20N2O4. The Labute approximate surface area is 118 Å². The van der Waals surface area contributed by atoms with E-state index in [1.54, 1.807) is 6.07 Å². The number of carbonyl (C=O) groups excluding carboxylic acids is 1. The van der Waals surface area contributed by atoms with Gasteiger partial charge in [-0.1, -0.05) is 6.07 Å². The molecule has 0 saturated carbocycles. The molecule has 1 amide bonds. The summed E-state index contributed by atoms with van der Waals surface area (Å²) >= 11 is 0. The van der Waals surface area contributed by atoms with E-state index in [0.29, 0.717) is 17.9 Å². The number of para-hydroxylation sites is 1. The Morgan fingerprint density at radius 1 is 1.40 bits per heavy atom. The second-order valence-electron chi connectivity index (χ2n) is 4.56. The number of methoxy groups -OCH3 is 2. The number of carbonyl (C=O) groups is 1. The largest absolute Gasteiger partial charge is 0.489 e. The molecule has 0 aromatic heterocycles. The second-order valence-corrected chi connectivity index (χ2v) is 4.56. The first-order valence-electron chi connectivity index (χ1n) is 6.53. The third-order valence-corrected chi connectivity index (χ3v) is 3.16. The molecule has 110 valence electrons. The van der Waals surface area contributed by atoms with Crippen molar-refractivity contribution < 1.29 is 19.0 Å². The minimum absolute atomic E-state index is 0.211. The zero-order valence-electron chi connectivity index (χ0n) is 11.9. The van der Waals surface area contributed by atoms with Crippen molar-refractivity contribution in [2.45, 2.75) is 19.3 Å². The van der Waals surface area contributed by atoms with Crippen LogP contribution < -0.4 is 15.4 Å². The van der Waals surface area contributed by atoms with Crippen molar-refractivity contribution in [3.05, 3.63) is 23.8 Å². The molecule has 6 nitrogen and oxygen atoms in total. The number of amides is 1. The minimum atomic E-state index is -0.488. The van der Waals surface area contributed by atoms with Gasteiger partial charge in [0.2, 0.25) is 0 Å². The molecule has 0 aliphatic carbocycles. The van der Waals surface area contributed by atoms with E-state index in [4.69, 9.17) is 14.2 Å². The van der Waals surface area contributed by atoms with Crippen LogP contribution in [-0.4, -0.2) is 45.6 Å². The fourth-order valence-corrected chi connectivity index (χ4v) is 2.21. The van der Waals surface area contributed by atoms with Gasteiger partial charge in [0.05, 0.1) is 17.3 Å². The van der Waals surface area contributed by atoms with E-state index in [2.05, 4.69) is 10.6 Å². The molecule has 6 heteroatoms. The highest BCUT2D eigenvalue weighted by Crippen LogP contribution is 2.31. The fourth-order valence-electron chi connectivity index (χ4n) is 2.21. The minimum Gasteiger partial charge on any atom is -0.489 e. The molecule has 0 spiro atoms. The van der Waals surface area contributed by atoms with Crippen LogP contribution in [0.3, 0.4) is 0 Å². The van der Waals surface area contributed by atoms with Crippen molar-refractivity contribution in [2.24, 2.45) is 0 Å². The van der Waals surface area contributed by atoms with Crippen molar-refractivity contribution in [3.8, 4) is 5.75 Å². The summed E-state index contributed by atoms with van der Waals surface area (Å²) in [7, 11) is 3.07. The number of hydrogen-bond donors (Lipinski definition) is 2. The van der Waals surface area contributed by atoms with Crippen LogP contribution in [0.25, 0.3) is 0 Å². The van der Waals surface area contributed by atoms with E-state index < -0.39 is 6.29 Å². The summed E-state index contributed by atoms with van der Waals surface area (Å²) in [4.78, 5) is 12.3. The molecule has 2 rings (SSSR count). The van der Waals surface area contributed by atoms with Crippen molar-refractivity contribution in [2.75, 3.05) is 32.7 Å². The Balaban J connectivity index is 2.13. The summed E-state index contributed by atoms with van der Waals surface area (Å²) in [5.74, 6) is 0.381. The van der Waals surface area contributed by atoms with Crippen LogP contribution >= 0.6 is 0 Å². The molecule has 20 heavy (non-hydrogen) atoms. The number of fused-ring (bicyclic) bond motifs is 1. The maximum Gasteiger partial charge on any atom is 0.255 e. The molecule has 0 fully saturated rings. The smallest absolute Gasteiger partial charge is 0.255 e. The molecule has 1 unspecified atom stereocenters. The molecule has 1 aliphatic rings. The highest BCUT2D eigenvalue weighted by atomic mass is 16.7. The van der Waals surface area contributed by atoms with Gasteiger partial charge in [-0.2, -0.15) is 0 Å². The van der Waals surface area contributed by atoms with Crippen LogP contribution in [0.4, 0.5) is 5.69 Å². The zero-order chi connectivity index (χ0) is 14.5. The van der Waals surface area contributed by atoms with Gasteiger partial charge in [0.1, 0.15) is 6.61 Å². The van der Waals surface area contributed by atoms with Gasteiger partial charge in [-0.15, -0.1) is 0 Å². The van der Waals surface area contributed by atoms with Gasteiger partial charge in [-0.05, 0) is 19.1 Å². The van der Waals surface area contributed by atoms with Crippen molar-refractivity contribution in [3.63, 3.8) is 0 Å². The predicted octanol–water partition coefficient (Wildman–Crippen LogP) is 1.23. The third kappa shape index (κ3) is 3.02. The van der Waals surface area contributed by atoms with E-state index in [9.17, 15) is 4.79 Å². The highest BCUT2D eigenvalue weighted by molar-refractivity contribution is 5.99. The molecule has 1 aromatic rings. The Morgan fingerprint density at radius 3 is 2.85 bits per heavy atom. The molecule has 0 radical (unpaired) electrons. The summed E-state index contributed by atoms with van der Waals surface area (Å²) in [5.41, 5.74) is 1.35. The molecule has 1 atom stereocenters. The molecule has 1 aromatic carbocycles. The van der Waals surface area contributed by atoms with E-state index in [1.807, 2.05) is 19.1 Å². The average molecular weight is 280 g/mol. The summed E-state index contributed by atoms with van der Waals surface area (Å²) < 4.78 is 15.8. The lowest BCUT2D eigenvalue weighted by atomic mass is 10.1. The van der Waals surface area contributed by atoms with E-state index in [1.165, 1.54) is 14.2 Å². The lowest BCUT2D eigenvalue weighted by Crippen LogP contribution is -2.43. The molecule has 2 N–H and O–H groups in total. The Hall–Kier alpha value is -1.79. The van der Waals surface area contributed by atoms with Gasteiger partial charge >= 0.3 is 0 Å². The molecule has 1 aliphatic heterocycles. The number of ether oxygens (including phenoxy) is 3. The molecule has 0 bridgehead atoms. The fraction of sp³-hybridized carbons (Fsp3) is 0.500. The highest BCUT2D eigenvalue weighted by Gasteiger charge is 2.23. The van der Waals surface area contributed by atoms with Gasteiger partial charge in [0.15, 0.2) is 12.0 Å².